The van der Waals surface area contributed by atoms with Crippen molar-refractivity contribution in [3.8, 4) is 0 Å². The van der Waals surface area contributed by atoms with Gasteiger partial charge in [-0.05, 0) is 63.1 Å². The maximum atomic E-state index is 13.9. The van der Waals surface area contributed by atoms with E-state index >= 15 is 0 Å². The van der Waals surface area contributed by atoms with Crippen LogP contribution >= 0.6 is 11.3 Å². The molecular formula is C38H61N5O5S. The highest BCUT2D eigenvalue weighted by atomic mass is 32.1. The molecule has 274 valence electrons. The number of nitrogens with one attached hydrogen (secondary N) is 3. The molecule has 10 nitrogen and oxygen atoms in total. The van der Waals surface area contributed by atoms with Gasteiger partial charge in [-0.3, -0.25) is 19.2 Å². The van der Waals surface area contributed by atoms with Gasteiger partial charge in [-0.25, -0.2) is 4.98 Å². The highest BCUT2D eigenvalue weighted by Crippen LogP contribution is 2.22. The number of amides is 3. The standard InChI is InChI=1S/C38H61N5O5S/c1-10-26(4)34(42-35(44)27(5)16-14-15-21-39-7)37(46)43(8)32(25(2)3)19-20-33-41-31(24-49-33)36(45)40-30(22-28(6)38(47)48-9)23-29-17-12-11-13-18-29/h11-13,17-18,24-28,30,32,34,39H,10,14-16,19-23H2,1-9H3,(H,40,45)(H,42,44)/t26?,27-,28+,30-,32-,34+/m1/s1. The molecule has 0 saturated carbocycles. The molecule has 6 atom stereocenters. The predicted molar refractivity (Wildman–Crippen MR) is 197 cm³/mol. The van der Waals surface area contributed by atoms with Gasteiger partial charge in [0, 0.05) is 36.9 Å². The van der Waals surface area contributed by atoms with Gasteiger partial charge in [-0.1, -0.05) is 84.7 Å². The van der Waals surface area contributed by atoms with E-state index < -0.39 is 6.04 Å². The zero-order chi connectivity index (χ0) is 36.5. The van der Waals surface area contributed by atoms with Gasteiger partial charge < -0.3 is 25.6 Å². The third kappa shape index (κ3) is 13.8. The first-order valence-electron chi connectivity index (χ1n) is 17.9. The summed E-state index contributed by atoms with van der Waals surface area (Å²) in [6.07, 6.45) is 5.81. The second-order valence-corrected chi connectivity index (χ2v) is 14.8. The van der Waals surface area contributed by atoms with Crippen molar-refractivity contribution >= 4 is 35.0 Å². The van der Waals surface area contributed by atoms with Gasteiger partial charge in [-0.15, -0.1) is 11.3 Å². The summed E-state index contributed by atoms with van der Waals surface area (Å²) in [7, 11) is 5.13. The fourth-order valence-electron chi connectivity index (χ4n) is 6.10. The minimum Gasteiger partial charge on any atom is -0.469 e. The van der Waals surface area contributed by atoms with Crippen LogP contribution in [0.3, 0.4) is 0 Å². The molecule has 1 aromatic heterocycles. The molecule has 0 saturated heterocycles. The summed E-state index contributed by atoms with van der Waals surface area (Å²) in [4.78, 5) is 59.0. The molecular weight excluding hydrogens is 639 g/mol. The molecule has 0 aliphatic heterocycles. The number of hydrogen-bond acceptors (Lipinski definition) is 8. The van der Waals surface area contributed by atoms with E-state index in [1.807, 2.05) is 65.2 Å². The summed E-state index contributed by atoms with van der Waals surface area (Å²) < 4.78 is 4.92. The highest BCUT2D eigenvalue weighted by molar-refractivity contribution is 7.09. The molecule has 0 spiro atoms. The van der Waals surface area contributed by atoms with Crippen LogP contribution in [0.4, 0.5) is 0 Å². The first-order valence-corrected chi connectivity index (χ1v) is 18.8. The summed E-state index contributed by atoms with van der Waals surface area (Å²) in [5.74, 6) is -1.11. The van der Waals surface area contributed by atoms with Crippen LogP contribution < -0.4 is 16.0 Å². The number of carbonyl (C=O) groups excluding carboxylic acids is 4. The lowest BCUT2D eigenvalue weighted by molar-refractivity contribution is -0.145. The summed E-state index contributed by atoms with van der Waals surface area (Å²) in [6.45, 7) is 12.9. The molecule has 0 aliphatic rings. The number of aryl methyl sites for hydroxylation is 1. The van der Waals surface area contributed by atoms with Crippen molar-refractivity contribution in [1.29, 1.82) is 0 Å². The molecule has 2 aromatic rings. The highest BCUT2D eigenvalue weighted by Gasteiger charge is 2.33. The number of likely N-dealkylation sites (N-methyl/N-ethyl adjacent to an activating group) is 1. The van der Waals surface area contributed by atoms with Gasteiger partial charge in [0.05, 0.1) is 18.0 Å². The van der Waals surface area contributed by atoms with Crippen LogP contribution in [0.1, 0.15) is 101 Å². The Morgan fingerprint density at radius 2 is 1.65 bits per heavy atom. The van der Waals surface area contributed by atoms with Gasteiger partial charge >= 0.3 is 5.97 Å². The molecule has 0 radical (unpaired) electrons. The molecule has 1 aromatic carbocycles. The zero-order valence-corrected chi connectivity index (χ0v) is 32.0. The van der Waals surface area contributed by atoms with Crippen molar-refractivity contribution in [2.45, 2.75) is 111 Å². The molecule has 0 fully saturated rings. The third-order valence-corrected chi connectivity index (χ3v) is 10.4. The number of aromatic nitrogens is 1. The number of esters is 1. The van der Waals surface area contributed by atoms with Crippen molar-refractivity contribution < 1.29 is 23.9 Å². The Balaban J connectivity index is 2.09. The van der Waals surface area contributed by atoms with Gasteiger partial charge in [0.1, 0.15) is 11.7 Å². The number of ether oxygens (including phenoxy) is 1. The monoisotopic (exact) mass is 699 g/mol. The van der Waals surface area contributed by atoms with Crippen molar-refractivity contribution in [2.24, 2.45) is 23.7 Å². The topological polar surface area (TPSA) is 130 Å². The molecule has 11 heteroatoms. The van der Waals surface area contributed by atoms with Gasteiger partial charge in [0.15, 0.2) is 0 Å². The number of unbranched alkanes of at least 4 members (excludes halogenated alkanes) is 1. The molecule has 2 rings (SSSR count). The number of rotatable bonds is 22. The van der Waals surface area contributed by atoms with Crippen LogP contribution in [0.5, 0.6) is 0 Å². The van der Waals surface area contributed by atoms with Crippen molar-refractivity contribution in [1.82, 2.24) is 25.8 Å². The Kier molecular flexibility index (Phi) is 18.5. The normalized spacial score (nSPS) is 15.1. The molecule has 3 N–H and O–H groups in total. The second kappa shape index (κ2) is 21.7. The van der Waals surface area contributed by atoms with Gasteiger partial charge in [-0.2, -0.15) is 0 Å². The van der Waals surface area contributed by atoms with E-state index in [4.69, 9.17) is 4.74 Å². The minimum absolute atomic E-state index is 0.00967. The Labute approximate surface area is 298 Å². The lowest BCUT2D eigenvalue weighted by atomic mass is 9.93. The lowest BCUT2D eigenvalue weighted by Gasteiger charge is -2.36. The van der Waals surface area contributed by atoms with Gasteiger partial charge in [0.25, 0.3) is 5.91 Å². The average Bonchev–Trinajstić information content (AvgIpc) is 3.57. The summed E-state index contributed by atoms with van der Waals surface area (Å²) in [6, 6.07) is 8.91. The SMILES string of the molecule is CCC(C)[C@H](NC(=O)[C@H](C)CCCCNC)C(=O)N(C)[C@H](CCc1nc(C(=O)N[C@@H](Cc2ccccc2)C[C@H](C)C(=O)OC)cs1)C(C)C. The van der Waals surface area contributed by atoms with E-state index in [1.165, 1.54) is 18.4 Å². The van der Waals surface area contributed by atoms with E-state index in [-0.39, 0.29) is 59.4 Å². The Morgan fingerprint density at radius 3 is 2.27 bits per heavy atom. The van der Waals surface area contributed by atoms with E-state index in [1.54, 1.807) is 17.2 Å². The van der Waals surface area contributed by atoms with E-state index in [0.717, 1.165) is 42.8 Å². The van der Waals surface area contributed by atoms with Crippen molar-refractivity contribution in [2.75, 3.05) is 27.7 Å². The number of methoxy groups -OCH3 is 1. The maximum Gasteiger partial charge on any atom is 0.308 e. The predicted octanol–water partition coefficient (Wildman–Crippen LogP) is 5.66. The second-order valence-electron chi connectivity index (χ2n) is 13.8. The number of nitrogens with zero attached hydrogens (tertiary/aromatic N) is 2. The Bertz CT molecular complexity index is 1300. The summed E-state index contributed by atoms with van der Waals surface area (Å²) >= 11 is 1.43. The summed E-state index contributed by atoms with van der Waals surface area (Å²) in [5, 5.41) is 11.9. The largest absolute Gasteiger partial charge is 0.469 e. The fourth-order valence-corrected chi connectivity index (χ4v) is 6.89. The average molecular weight is 700 g/mol. The lowest BCUT2D eigenvalue weighted by Crippen LogP contribution is -2.54. The van der Waals surface area contributed by atoms with Crippen molar-refractivity contribution in [3.05, 3.63) is 52.0 Å². The van der Waals surface area contributed by atoms with E-state index in [0.29, 0.717) is 31.4 Å². The first-order chi connectivity index (χ1) is 23.3. The Morgan fingerprint density at radius 1 is 0.959 bits per heavy atom. The number of benzene rings is 1. The summed E-state index contributed by atoms with van der Waals surface area (Å²) in [5.41, 5.74) is 1.40. The van der Waals surface area contributed by atoms with Crippen LogP contribution in [0, 0.1) is 23.7 Å². The molecule has 0 bridgehead atoms. The number of thiazole rings is 1. The van der Waals surface area contributed by atoms with Crippen LogP contribution in [-0.4, -0.2) is 79.5 Å². The van der Waals surface area contributed by atoms with E-state index in [2.05, 4.69) is 34.8 Å². The van der Waals surface area contributed by atoms with Crippen LogP contribution in [0.15, 0.2) is 35.7 Å². The van der Waals surface area contributed by atoms with Crippen LogP contribution in [-0.2, 0) is 32.0 Å². The Hall–Kier alpha value is -3.31. The van der Waals surface area contributed by atoms with Gasteiger partial charge in [0.2, 0.25) is 11.8 Å². The molecule has 49 heavy (non-hydrogen) atoms. The van der Waals surface area contributed by atoms with Crippen molar-refractivity contribution in [3.63, 3.8) is 0 Å². The maximum absolute atomic E-state index is 13.9. The number of carbonyl (C=O) groups is 4. The van der Waals surface area contributed by atoms with Crippen LogP contribution in [0.25, 0.3) is 0 Å². The minimum atomic E-state index is -0.593. The molecule has 0 aliphatic carbocycles. The van der Waals surface area contributed by atoms with E-state index in [9.17, 15) is 19.2 Å². The molecule has 3 amide bonds. The molecule has 1 unspecified atom stereocenters. The fraction of sp³-hybridized carbons (Fsp3) is 0.658. The third-order valence-electron chi connectivity index (χ3n) is 9.49. The number of hydrogen-bond donors (Lipinski definition) is 3. The quantitative estimate of drug-likeness (QED) is 0.107. The smallest absolute Gasteiger partial charge is 0.308 e. The zero-order valence-electron chi connectivity index (χ0n) is 31.2. The molecule has 1 heterocycles. The van der Waals surface area contributed by atoms with Crippen LogP contribution in [0.2, 0.25) is 0 Å². The first kappa shape index (κ1) is 41.9.